The summed E-state index contributed by atoms with van der Waals surface area (Å²) >= 11 is 1.22. The summed E-state index contributed by atoms with van der Waals surface area (Å²) in [6.07, 6.45) is 3.11. The third-order valence-electron chi connectivity index (χ3n) is 3.97. The van der Waals surface area contributed by atoms with E-state index in [9.17, 15) is 14.0 Å². The van der Waals surface area contributed by atoms with Crippen molar-refractivity contribution in [1.29, 1.82) is 0 Å². The Balaban J connectivity index is 1.59. The Kier molecular flexibility index (Phi) is 6.55. The topological polar surface area (TPSA) is 102 Å². The number of aromatic nitrogens is 4. The Morgan fingerprint density at radius 2 is 1.97 bits per heavy atom. The molecule has 8 nitrogen and oxygen atoms in total. The molecular weight excluding hydrogens is 395 g/mol. The highest BCUT2D eigenvalue weighted by Crippen LogP contribution is 2.23. The number of carbonyl (C=O) groups excluding carboxylic acids is 2. The van der Waals surface area contributed by atoms with Crippen LogP contribution in [-0.4, -0.2) is 36.8 Å². The van der Waals surface area contributed by atoms with Gasteiger partial charge in [0.25, 0.3) is 0 Å². The zero-order valence-electron chi connectivity index (χ0n) is 15.8. The minimum absolute atomic E-state index is 0.0747. The van der Waals surface area contributed by atoms with Crippen LogP contribution in [0.15, 0.2) is 53.9 Å². The number of thioether (sulfide) groups is 1. The van der Waals surface area contributed by atoms with E-state index in [2.05, 4.69) is 25.8 Å². The first kappa shape index (κ1) is 20.5. The first-order valence-corrected chi connectivity index (χ1v) is 9.62. The summed E-state index contributed by atoms with van der Waals surface area (Å²) in [6.45, 7) is 1.75. The highest BCUT2D eigenvalue weighted by atomic mass is 32.2. The number of amides is 2. The third-order valence-corrected chi connectivity index (χ3v) is 5.11. The first-order chi connectivity index (χ1) is 13.9. The van der Waals surface area contributed by atoms with Crippen molar-refractivity contribution in [3.8, 4) is 0 Å². The van der Waals surface area contributed by atoms with Crippen molar-refractivity contribution in [1.82, 2.24) is 19.7 Å². The second-order valence-corrected chi connectivity index (χ2v) is 7.46. The number of hydrogen-bond donors (Lipinski definition) is 2. The van der Waals surface area contributed by atoms with Crippen LogP contribution in [0.1, 0.15) is 12.7 Å². The van der Waals surface area contributed by atoms with E-state index in [1.54, 1.807) is 55.2 Å². The maximum atomic E-state index is 13.7. The molecule has 2 amide bonds. The minimum atomic E-state index is -0.511. The molecule has 0 fully saturated rings. The fourth-order valence-electron chi connectivity index (χ4n) is 2.39. The van der Waals surface area contributed by atoms with Crippen LogP contribution in [0.5, 0.6) is 0 Å². The number of rotatable bonds is 7. The van der Waals surface area contributed by atoms with Crippen molar-refractivity contribution < 1.29 is 14.0 Å². The Morgan fingerprint density at radius 1 is 1.17 bits per heavy atom. The van der Waals surface area contributed by atoms with Gasteiger partial charge >= 0.3 is 0 Å². The molecule has 0 saturated carbocycles. The Bertz CT molecular complexity index is 1010. The van der Waals surface area contributed by atoms with Crippen LogP contribution < -0.4 is 10.6 Å². The second kappa shape index (κ2) is 9.28. The zero-order valence-corrected chi connectivity index (χ0v) is 16.6. The lowest BCUT2D eigenvalue weighted by atomic mass is 10.3. The summed E-state index contributed by atoms with van der Waals surface area (Å²) in [5, 5.41) is 13.4. The van der Waals surface area contributed by atoms with Crippen molar-refractivity contribution in [3.63, 3.8) is 0 Å². The average molecular weight is 414 g/mol. The quantitative estimate of drug-likeness (QED) is 0.577. The highest BCUT2D eigenvalue weighted by molar-refractivity contribution is 8.00. The summed E-state index contributed by atoms with van der Waals surface area (Å²) in [5.41, 5.74) is 0.711. The molecule has 2 N–H and O–H groups in total. The lowest BCUT2D eigenvalue weighted by molar-refractivity contribution is -0.116. The maximum absolute atomic E-state index is 13.7. The Hall–Kier alpha value is -3.27. The van der Waals surface area contributed by atoms with Crippen LogP contribution in [0, 0.1) is 5.82 Å². The maximum Gasteiger partial charge on any atom is 0.237 e. The summed E-state index contributed by atoms with van der Waals surface area (Å²) in [6, 6.07) is 9.40. The van der Waals surface area contributed by atoms with E-state index in [0.29, 0.717) is 16.7 Å². The predicted molar refractivity (Wildman–Crippen MR) is 108 cm³/mol. The molecule has 0 unspecified atom stereocenters. The Labute approximate surface area is 170 Å². The summed E-state index contributed by atoms with van der Waals surface area (Å²) < 4.78 is 15.3. The molecule has 29 heavy (non-hydrogen) atoms. The van der Waals surface area contributed by atoms with E-state index in [-0.39, 0.29) is 18.0 Å². The van der Waals surface area contributed by atoms with Crippen LogP contribution in [0.2, 0.25) is 0 Å². The van der Waals surface area contributed by atoms with Crippen LogP contribution in [0.25, 0.3) is 0 Å². The zero-order chi connectivity index (χ0) is 20.8. The molecule has 10 heteroatoms. The normalized spacial score (nSPS) is 11.7. The van der Waals surface area contributed by atoms with Gasteiger partial charge in [0.05, 0.1) is 29.2 Å². The lowest BCUT2D eigenvalue weighted by Crippen LogP contribution is -2.23. The number of nitrogens with zero attached hydrogens (tertiary/aromatic N) is 4. The smallest absolute Gasteiger partial charge is 0.237 e. The molecule has 3 rings (SSSR count). The van der Waals surface area contributed by atoms with Gasteiger partial charge in [0, 0.05) is 13.2 Å². The second-order valence-electron chi connectivity index (χ2n) is 6.15. The molecule has 0 aliphatic carbocycles. The van der Waals surface area contributed by atoms with Gasteiger partial charge < -0.3 is 15.2 Å². The van der Waals surface area contributed by atoms with E-state index in [1.165, 1.54) is 23.9 Å². The average Bonchev–Trinajstić information content (AvgIpc) is 3.04. The van der Waals surface area contributed by atoms with Crippen LogP contribution in [0.3, 0.4) is 0 Å². The molecule has 3 aromatic rings. The molecule has 1 atom stereocenters. The molecule has 150 valence electrons. The Morgan fingerprint density at radius 3 is 2.69 bits per heavy atom. The standard InChI is InChI=1S/C19H19FN6O2S/c1-12(18(28)22-13-6-5-9-21-11-13)29-19-25-24-16(26(19)2)10-17(27)23-15-8-4-3-7-14(15)20/h3-9,11-12H,10H2,1-2H3,(H,22,28)(H,23,27)/t12-/m1/s1. The molecule has 0 bridgehead atoms. The van der Waals surface area contributed by atoms with Gasteiger partial charge in [-0.1, -0.05) is 23.9 Å². The van der Waals surface area contributed by atoms with Crippen molar-refractivity contribution in [2.75, 3.05) is 10.6 Å². The van der Waals surface area contributed by atoms with Crippen LogP contribution in [0.4, 0.5) is 15.8 Å². The van der Waals surface area contributed by atoms with Crippen LogP contribution in [-0.2, 0) is 23.1 Å². The van der Waals surface area contributed by atoms with E-state index in [0.717, 1.165) is 0 Å². The molecule has 2 aromatic heterocycles. The molecule has 0 aliphatic heterocycles. The molecule has 0 radical (unpaired) electrons. The van der Waals surface area contributed by atoms with Gasteiger partial charge in [0.1, 0.15) is 11.6 Å². The largest absolute Gasteiger partial charge is 0.324 e. The first-order valence-electron chi connectivity index (χ1n) is 8.74. The number of para-hydroxylation sites is 1. The van der Waals surface area contributed by atoms with Gasteiger partial charge in [0.15, 0.2) is 5.16 Å². The summed E-state index contributed by atoms with van der Waals surface area (Å²) in [5.74, 6) is -0.723. The molecule has 0 spiro atoms. The van der Waals surface area contributed by atoms with Crippen LogP contribution >= 0.6 is 11.8 Å². The number of hydrogen-bond acceptors (Lipinski definition) is 6. The van der Waals surface area contributed by atoms with Gasteiger partial charge in [-0.15, -0.1) is 10.2 Å². The van der Waals surface area contributed by atoms with Crippen molar-refractivity contribution in [2.45, 2.75) is 23.8 Å². The van der Waals surface area contributed by atoms with Gasteiger partial charge in [-0.25, -0.2) is 4.39 Å². The summed E-state index contributed by atoms with van der Waals surface area (Å²) in [7, 11) is 1.71. The summed E-state index contributed by atoms with van der Waals surface area (Å²) in [4.78, 5) is 28.5. The number of pyridine rings is 1. The van der Waals surface area contributed by atoms with Gasteiger partial charge in [0.2, 0.25) is 11.8 Å². The van der Waals surface area contributed by atoms with Crippen molar-refractivity contribution in [3.05, 3.63) is 60.4 Å². The fraction of sp³-hybridized carbons (Fsp3) is 0.211. The number of halogens is 1. The van der Waals surface area contributed by atoms with Gasteiger partial charge in [-0.3, -0.25) is 14.6 Å². The number of anilines is 2. The van der Waals surface area contributed by atoms with E-state index in [1.807, 2.05) is 0 Å². The fourth-order valence-corrected chi connectivity index (χ4v) is 3.23. The molecular formula is C19H19FN6O2S. The number of benzene rings is 1. The highest BCUT2D eigenvalue weighted by Gasteiger charge is 2.20. The molecule has 0 aliphatic rings. The molecule has 1 aromatic carbocycles. The third kappa shape index (κ3) is 5.38. The predicted octanol–water partition coefficient (Wildman–Crippen LogP) is 2.65. The van der Waals surface area contributed by atoms with E-state index >= 15 is 0 Å². The number of nitrogens with one attached hydrogen (secondary N) is 2. The number of carbonyl (C=O) groups is 2. The van der Waals surface area contributed by atoms with E-state index < -0.39 is 17.0 Å². The van der Waals surface area contributed by atoms with E-state index in [4.69, 9.17) is 0 Å². The van der Waals surface area contributed by atoms with Gasteiger partial charge in [-0.05, 0) is 31.2 Å². The van der Waals surface area contributed by atoms with Crippen molar-refractivity contribution in [2.24, 2.45) is 7.05 Å². The van der Waals surface area contributed by atoms with Gasteiger partial charge in [-0.2, -0.15) is 0 Å². The molecule has 0 saturated heterocycles. The van der Waals surface area contributed by atoms with Crippen molar-refractivity contribution >= 4 is 35.0 Å². The monoisotopic (exact) mass is 414 g/mol. The SMILES string of the molecule is C[C@@H](Sc1nnc(CC(=O)Nc2ccccc2F)n1C)C(=O)Nc1cccnc1. The lowest BCUT2D eigenvalue weighted by Gasteiger charge is -2.11. The minimum Gasteiger partial charge on any atom is -0.324 e. The molecule has 2 heterocycles.